The molecule has 0 radical (unpaired) electrons. The number of allylic oxidation sites excluding steroid dienone is 1. The third-order valence-corrected chi connectivity index (χ3v) is 8.66. The van der Waals surface area contributed by atoms with E-state index in [1.165, 1.54) is 5.56 Å². The van der Waals surface area contributed by atoms with E-state index < -0.39 is 6.04 Å². The van der Waals surface area contributed by atoms with Gasteiger partial charge in [0.2, 0.25) is 11.1 Å². The first kappa shape index (κ1) is 31.2. The number of hydrogen-bond acceptors (Lipinski definition) is 7. The Hall–Kier alpha value is -4.24. The van der Waals surface area contributed by atoms with Gasteiger partial charge in [0.15, 0.2) is 11.5 Å². The van der Waals surface area contributed by atoms with Crippen LogP contribution in [0.5, 0.6) is 11.5 Å². The summed E-state index contributed by atoms with van der Waals surface area (Å²) in [6.07, 6.45) is 2.97. The van der Waals surface area contributed by atoms with Gasteiger partial charge in [-0.05, 0) is 74.6 Å². The molecule has 9 heteroatoms. The van der Waals surface area contributed by atoms with Gasteiger partial charge in [-0.1, -0.05) is 73.6 Å². The fourth-order valence-corrected chi connectivity index (χ4v) is 6.10. The second-order valence-corrected chi connectivity index (χ2v) is 11.9. The van der Waals surface area contributed by atoms with Crippen LogP contribution < -0.4 is 20.1 Å². The maximum atomic E-state index is 14.1. The van der Waals surface area contributed by atoms with Crippen LogP contribution in [0.3, 0.4) is 0 Å². The summed E-state index contributed by atoms with van der Waals surface area (Å²) in [5.74, 6) is 2.63. The largest absolute Gasteiger partial charge is 0.490 e. The van der Waals surface area contributed by atoms with E-state index in [1.54, 1.807) is 11.8 Å². The van der Waals surface area contributed by atoms with Crippen molar-refractivity contribution < 1.29 is 14.3 Å². The number of nitrogens with one attached hydrogen (secondary N) is 2. The van der Waals surface area contributed by atoms with Gasteiger partial charge in [-0.3, -0.25) is 4.79 Å². The molecule has 1 aliphatic heterocycles. The standard InChI is InChI=1S/C35H41N5O3S/c1-6-8-21-44-35-38-34-36-25(5)31(33(41)37-28-16-12-13-23(3)24(28)4)32(40(34)39-35)27-17-18-29(30(22-27)42-7-2)43-20-19-26-14-10-9-11-15-26/h9-18,22,32H,6-8,19-21H2,1-5H3,(H,37,41)(H,36,38,39). The summed E-state index contributed by atoms with van der Waals surface area (Å²) in [6.45, 7) is 11.1. The van der Waals surface area contributed by atoms with Crippen molar-refractivity contribution in [3.63, 3.8) is 0 Å². The fourth-order valence-electron chi connectivity index (χ4n) is 5.18. The first-order valence-electron chi connectivity index (χ1n) is 15.3. The van der Waals surface area contributed by atoms with Gasteiger partial charge in [-0.15, -0.1) is 5.10 Å². The average molecular weight is 612 g/mol. The van der Waals surface area contributed by atoms with Crippen LogP contribution in [0.25, 0.3) is 0 Å². The first-order valence-corrected chi connectivity index (χ1v) is 16.3. The number of rotatable bonds is 13. The van der Waals surface area contributed by atoms with E-state index in [2.05, 4.69) is 29.7 Å². The van der Waals surface area contributed by atoms with Crippen molar-refractivity contribution in [3.8, 4) is 11.5 Å². The summed E-state index contributed by atoms with van der Waals surface area (Å²) in [5, 5.41) is 12.1. The topological polar surface area (TPSA) is 90.3 Å². The molecule has 0 aliphatic carbocycles. The van der Waals surface area contributed by atoms with Crippen LogP contribution in [-0.4, -0.2) is 39.6 Å². The Morgan fingerprint density at radius 1 is 1.00 bits per heavy atom. The molecule has 3 aromatic carbocycles. The minimum Gasteiger partial charge on any atom is -0.490 e. The summed E-state index contributed by atoms with van der Waals surface area (Å²) in [7, 11) is 0. The van der Waals surface area contributed by atoms with E-state index in [4.69, 9.17) is 19.6 Å². The lowest BCUT2D eigenvalue weighted by Crippen LogP contribution is -2.31. The van der Waals surface area contributed by atoms with Gasteiger partial charge in [-0.25, -0.2) is 4.68 Å². The lowest BCUT2D eigenvalue weighted by atomic mass is 9.94. The molecule has 4 aromatic rings. The van der Waals surface area contributed by atoms with Crippen LogP contribution in [0, 0.1) is 13.8 Å². The molecule has 1 atom stereocenters. The van der Waals surface area contributed by atoms with Gasteiger partial charge >= 0.3 is 0 Å². The average Bonchev–Trinajstić information content (AvgIpc) is 3.42. The summed E-state index contributed by atoms with van der Waals surface area (Å²) >= 11 is 1.63. The summed E-state index contributed by atoms with van der Waals surface area (Å²) in [4.78, 5) is 18.9. The van der Waals surface area contributed by atoms with Gasteiger partial charge in [0.1, 0.15) is 6.04 Å². The van der Waals surface area contributed by atoms with E-state index in [1.807, 2.05) is 87.0 Å². The SMILES string of the molecule is CCCCSc1nc2n(n1)C(c1ccc(OCCc3ccccc3)c(OCC)c1)C(C(=O)Nc1cccc(C)c1C)=C(C)N2. The molecule has 0 saturated carbocycles. The number of unbranched alkanes of at least 4 members (excludes halogenated alkanes) is 1. The number of fused-ring (bicyclic) bond motifs is 1. The zero-order valence-corrected chi connectivity index (χ0v) is 27.0. The molecule has 2 N–H and O–H groups in total. The van der Waals surface area contributed by atoms with Crippen molar-refractivity contribution in [1.82, 2.24) is 14.8 Å². The van der Waals surface area contributed by atoms with Crippen LogP contribution >= 0.6 is 11.8 Å². The maximum Gasteiger partial charge on any atom is 0.255 e. The molecule has 5 rings (SSSR count). The van der Waals surface area contributed by atoms with Gasteiger partial charge in [-0.2, -0.15) is 4.98 Å². The normalized spacial score (nSPS) is 14.2. The van der Waals surface area contributed by atoms with Crippen molar-refractivity contribution in [2.24, 2.45) is 0 Å². The van der Waals surface area contributed by atoms with Crippen molar-refractivity contribution in [1.29, 1.82) is 0 Å². The number of thioether (sulfide) groups is 1. The number of carbonyl (C=O) groups excluding carboxylic acids is 1. The fraction of sp³-hybridized carbons (Fsp3) is 0.343. The number of nitrogens with zero attached hydrogens (tertiary/aromatic N) is 3. The van der Waals surface area contributed by atoms with Crippen molar-refractivity contribution >= 4 is 29.3 Å². The molecule has 0 bridgehead atoms. The first-order chi connectivity index (χ1) is 21.4. The van der Waals surface area contributed by atoms with Crippen LogP contribution in [0.15, 0.2) is 83.2 Å². The Morgan fingerprint density at radius 2 is 1.82 bits per heavy atom. The minimum absolute atomic E-state index is 0.198. The Morgan fingerprint density at radius 3 is 2.59 bits per heavy atom. The van der Waals surface area contributed by atoms with E-state index in [0.717, 1.165) is 53.1 Å². The van der Waals surface area contributed by atoms with Crippen LogP contribution in [0.4, 0.5) is 11.6 Å². The molecule has 0 spiro atoms. The minimum atomic E-state index is -0.526. The van der Waals surface area contributed by atoms with Crippen molar-refractivity contribution in [2.45, 2.75) is 65.1 Å². The molecule has 8 nitrogen and oxygen atoms in total. The predicted molar refractivity (Wildman–Crippen MR) is 178 cm³/mol. The number of aromatic nitrogens is 3. The van der Waals surface area contributed by atoms with Crippen molar-refractivity contribution in [3.05, 3.63) is 100 Å². The number of hydrogen-bond donors (Lipinski definition) is 2. The summed E-state index contributed by atoms with van der Waals surface area (Å²) in [5.41, 5.74) is 6.29. The zero-order valence-electron chi connectivity index (χ0n) is 26.1. The van der Waals surface area contributed by atoms with Gasteiger partial charge in [0.25, 0.3) is 5.91 Å². The highest BCUT2D eigenvalue weighted by Crippen LogP contribution is 2.40. The predicted octanol–water partition coefficient (Wildman–Crippen LogP) is 7.73. The lowest BCUT2D eigenvalue weighted by Gasteiger charge is -2.29. The highest BCUT2D eigenvalue weighted by Gasteiger charge is 2.35. The number of aryl methyl sites for hydroxylation is 1. The van der Waals surface area contributed by atoms with Gasteiger partial charge < -0.3 is 20.1 Å². The number of amides is 1. The molecular weight excluding hydrogens is 570 g/mol. The lowest BCUT2D eigenvalue weighted by molar-refractivity contribution is -0.113. The monoisotopic (exact) mass is 611 g/mol. The molecule has 230 valence electrons. The third-order valence-electron chi connectivity index (χ3n) is 7.73. The van der Waals surface area contributed by atoms with E-state index >= 15 is 0 Å². The molecule has 2 heterocycles. The number of carbonyl (C=O) groups is 1. The molecule has 1 unspecified atom stereocenters. The number of ether oxygens (including phenoxy) is 2. The zero-order chi connectivity index (χ0) is 31.1. The Balaban J connectivity index is 1.50. The Kier molecular flexibility index (Phi) is 10.3. The second-order valence-electron chi connectivity index (χ2n) is 10.9. The smallest absolute Gasteiger partial charge is 0.255 e. The molecule has 1 aromatic heterocycles. The molecule has 1 amide bonds. The van der Waals surface area contributed by atoms with Crippen molar-refractivity contribution in [2.75, 3.05) is 29.6 Å². The maximum absolute atomic E-state index is 14.1. The molecule has 0 fully saturated rings. The van der Waals surface area contributed by atoms with E-state index in [9.17, 15) is 4.79 Å². The number of anilines is 2. The highest BCUT2D eigenvalue weighted by atomic mass is 32.2. The summed E-state index contributed by atoms with van der Waals surface area (Å²) < 4.78 is 14.1. The Bertz CT molecular complexity index is 1630. The molecule has 0 saturated heterocycles. The quantitative estimate of drug-likeness (QED) is 0.118. The molecule has 44 heavy (non-hydrogen) atoms. The van der Waals surface area contributed by atoms with Crippen LogP contribution in [0.1, 0.15) is 61.9 Å². The van der Waals surface area contributed by atoms with E-state index in [0.29, 0.717) is 41.4 Å². The Labute approximate surface area is 264 Å². The van der Waals surface area contributed by atoms with Crippen LogP contribution in [-0.2, 0) is 11.2 Å². The highest BCUT2D eigenvalue weighted by molar-refractivity contribution is 7.99. The summed E-state index contributed by atoms with van der Waals surface area (Å²) in [6, 6.07) is 21.5. The van der Waals surface area contributed by atoms with Gasteiger partial charge in [0.05, 0.1) is 18.8 Å². The second kappa shape index (κ2) is 14.5. The molecule has 1 aliphatic rings. The van der Waals surface area contributed by atoms with E-state index in [-0.39, 0.29) is 5.91 Å². The van der Waals surface area contributed by atoms with Crippen LogP contribution in [0.2, 0.25) is 0 Å². The third kappa shape index (κ3) is 7.10. The number of benzene rings is 3. The van der Waals surface area contributed by atoms with Gasteiger partial charge in [0, 0.05) is 23.6 Å². The molecular formula is C35H41N5O3S.